The number of hydrogen-bond acceptors (Lipinski definition) is 6. The van der Waals surface area contributed by atoms with Crippen molar-refractivity contribution in [2.75, 3.05) is 32.1 Å². The lowest BCUT2D eigenvalue weighted by Crippen LogP contribution is -2.32. The highest BCUT2D eigenvalue weighted by atomic mass is 16.5. The third-order valence-corrected chi connectivity index (χ3v) is 4.88. The summed E-state index contributed by atoms with van der Waals surface area (Å²) in [7, 11) is 1.54. The second-order valence-corrected chi connectivity index (χ2v) is 6.58. The molecule has 0 radical (unpaired) electrons. The second-order valence-electron chi connectivity index (χ2n) is 6.58. The van der Waals surface area contributed by atoms with Gasteiger partial charge in [0.05, 0.1) is 19.6 Å². The molecule has 0 spiro atoms. The van der Waals surface area contributed by atoms with Crippen molar-refractivity contribution in [3.05, 3.63) is 30.1 Å². The average Bonchev–Trinajstić information content (AvgIpc) is 3.37. The molecule has 0 unspecified atom stereocenters. The Balaban J connectivity index is 1.52. The lowest BCUT2D eigenvalue weighted by molar-refractivity contribution is -0.132. The number of methoxy groups -OCH3 is 1. The van der Waals surface area contributed by atoms with Crippen LogP contribution in [-0.2, 0) is 9.59 Å². The minimum Gasteiger partial charge on any atom is -0.493 e. The molecule has 2 aromatic rings. The van der Waals surface area contributed by atoms with E-state index in [9.17, 15) is 9.59 Å². The summed E-state index contributed by atoms with van der Waals surface area (Å²) in [6.45, 7) is 1.57. The van der Waals surface area contributed by atoms with E-state index in [0.29, 0.717) is 17.4 Å². The molecule has 9 heteroatoms. The predicted molar refractivity (Wildman–Crippen MR) is 95.7 cm³/mol. The van der Waals surface area contributed by atoms with Crippen LogP contribution in [0.15, 0.2) is 24.5 Å². The van der Waals surface area contributed by atoms with Crippen LogP contribution in [0.25, 0.3) is 0 Å². The molecular formula is C18H21N5O4. The molecule has 0 aliphatic carbocycles. The molecule has 1 atom stereocenters. The van der Waals surface area contributed by atoms with Crippen LogP contribution in [-0.4, -0.2) is 58.3 Å². The van der Waals surface area contributed by atoms with Gasteiger partial charge in [-0.05, 0) is 30.5 Å². The van der Waals surface area contributed by atoms with Gasteiger partial charge in [0.1, 0.15) is 6.33 Å². The first kappa shape index (κ1) is 17.3. The maximum absolute atomic E-state index is 12.2. The molecule has 1 aromatic heterocycles. The van der Waals surface area contributed by atoms with Gasteiger partial charge in [-0.3, -0.25) is 14.9 Å². The van der Waals surface area contributed by atoms with Gasteiger partial charge in [0, 0.05) is 13.1 Å². The van der Waals surface area contributed by atoms with Crippen LogP contribution in [0.2, 0.25) is 0 Å². The van der Waals surface area contributed by atoms with Gasteiger partial charge in [-0.1, -0.05) is 6.07 Å². The molecule has 142 valence electrons. The number of benzene rings is 1. The summed E-state index contributed by atoms with van der Waals surface area (Å²) >= 11 is 0. The minimum absolute atomic E-state index is 0.0187. The predicted octanol–water partition coefficient (Wildman–Crippen LogP) is 1.22. The van der Waals surface area contributed by atoms with Crippen molar-refractivity contribution < 1.29 is 19.1 Å². The number of aromatic nitrogens is 3. The fraction of sp³-hybridized carbons (Fsp3) is 0.444. The Kier molecular flexibility index (Phi) is 4.66. The standard InChI is InChI=1S/C18H21N5O4/c1-26-15-8-12(13-9-16(24)21-18-19-11-20-23(13)18)4-5-14(15)27-10-17(25)22-6-2-3-7-22/h4-5,8,11,13H,2-3,6-7,9-10H2,1H3,(H,19,20,21,24)/t13-/m1/s1. The number of carbonyl (C=O) groups is 2. The van der Waals surface area contributed by atoms with Gasteiger partial charge < -0.3 is 14.4 Å². The molecule has 0 bridgehead atoms. The van der Waals surface area contributed by atoms with E-state index in [1.54, 1.807) is 17.9 Å². The van der Waals surface area contributed by atoms with Crippen LogP contribution >= 0.6 is 0 Å². The Labute approximate surface area is 156 Å². The molecule has 1 saturated heterocycles. The second kappa shape index (κ2) is 7.26. The number of anilines is 1. The highest BCUT2D eigenvalue weighted by Gasteiger charge is 2.28. The summed E-state index contributed by atoms with van der Waals surface area (Å²) in [4.78, 5) is 30.0. The number of amides is 2. The van der Waals surface area contributed by atoms with E-state index in [1.165, 1.54) is 6.33 Å². The number of nitrogens with one attached hydrogen (secondary N) is 1. The summed E-state index contributed by atoms with van der Waals surface area (Å²) in [6.07, 6.45) is 3.76. The molecule has 0 saturated carbocycles. The molecule has 1 aromatic carbocycles. The molecule has 3 heterocycles. The zero-order valence-electron chi connectivity index (χ0n) is 15.1. The number of likely N-dealkylation sites (tertiary alicyclic amines) is 1. The fourth-order valence-electron chi connectivity index (χ4n) is 3.47. The largest absolute Gasteiger partial charge is 0.493 e. The SMILES string of the molecule is COc1cc([C@H]2CC(=O)Nc3ncnn32)ccc1OCC(=O)N1CCCC1. The van der Waals surface area contributed by atoms with Crippen molar-refractivity contribution in [3.63, 3.8) is 0 Å². The summed E-state index contributed by atoms with van der Waals surface area (Å²) < 4.78 is 12.8. The number of hydrogen-bond donors (Lipinski definition) is 1. The third kappa shape index (κ3) is 3.44. The van der Waals surface area contributed by atoms with Gasteiger partial charge in [0.2, 0.25) is 11.9 Å². The molecular weight excluding hydrogens is 350 g/mol. The van der Waals surface area contributed by atoms with Crippen molar-refractivity contribution in [1.29, 1.82) is 0 Å². The smallest absolute Gasteiger partial charge is 0.260 e. The molecule has 9 nitrogen and oxygen atoms in total. The molecule has 4 rings (SSSR count). The van der Waals surface area contributed by atoms with Crippen molar-refractivity contribution >= 4 is 17.8 Å². The van der Waals surface area contributed by atoms with E-state index in [1.807, 2.05) is 17.0 Å². The van der Waals surface area contributed by atoms with Crippen LogP contribution in [0.3, 0.4) is 0 Å². The van der Waals surface area contributed by atoms with Gasteiger partial charge in [0.25, 0.3) is 5.91 Å². The quantitative estimate of drug-likeness (QED) is 0.849. The number of rotatable bonds is 5. The zero-order valence-corrected chi connectivity index (χ0v) is 15.1. The Morgan fingerprint density at radius 2 is 2.11 bits per heavy atom. The van der Waals surface area contributed by atoms with Crippen LogP contribution in [0.5, 0.6) is 11.5 Å². The van der Waals surface area contributed by atoms with E-state index in [4.69, 9.17) is 9.47 Å². The average molecular weight is 371 g/mol. The fourth-order valence-corrected chi connectivity index (χ4v) is 3.47. The number of ether oxygens (including phenoxy) is 2. The first-order chi connectivity index (χ1) is 13.2. The van der Waals surface area contributed by atoms with Gasteiger partial charge in [-0.25, -0.2) is 4.68 Å². The lowest BCUT2D eigenvalue weighted by Gasteiger charge is -2.24. The van der Waals surface area contributed by atoms with Gasteiger partial charge in [0.15, 0.2) is 18.1 Å². The van der Waals surface area contributed by atoms with E-state index < -0.39 is 0 Å². The number of nitrogens with zero attached hydrogens (tertiary/aromatic N) is 4. The molecule has 1 fully saturated rings. The molecule has 27 heavy (non-hydrogen) atoms. The summed E-state index contributed by atoms with van der Waals surface area (Å²) in [6, 6.07) is 5.15. The summed E-state index contributed by atoms with van der Waals surface area (Å²) in [5.74, 6) is 1.29. The molecule has 2 aliphatic rings. The van der Waals surface area contributed by atoms with Crippen molar-refractivity contribution in [1.82, 2.24) is 19.7 Å². The third-order valence-electron chi connectivity index (χ3n) is 4.88. The monoisotopic (exact) mass is 371 g/mol. The number of carbonyl (C=O) groups excluding carboxylic acids is 2. The highest BCUT2D eigenvalue weighted by molar-refractivity contribution is 5.91. The maximum atomic E-state index is 12.2. The topological polar surface area (TPSA) is 98.6 Å². The van der Waals surface area contributed by atoms with E-state index >= 15 is 0 Å². The Bertz CT molecular complexity index is 859. The van der Waals surface area contributed by atoms with Crippen LogP contribution in [0.1, 0.15) is 30.9 Å². The minimum atomic E-state index is -0.273. The molecule has 2 amide bonds. The van der Waals surface area contributed by atoms with Crippen molar-refractivity contribution in [2.45, 2.75) is 25.3 Å². The van der Waals surface area contributed by atoms with Crippen LogP contribution in [0, 0.1) is 0 Å². The van der Waals surface area contributed by atoms with Crippen molar-refractivity contribution in [2.24, 2.45) is 0 Å². The zero-order chi connectivity index (χ0) is 18.8. The first-order valence-electron chi connectivity index (χ1n) is 8.93. The Morgan fingerprint density at radius 3 is 2.89 bits per heavy atom. The van der Waals surface area contributed by atoms with E-state index in [-0.39, 0.29) is 30.9 Å². The van der Waals surface area contributed by atoms with Gasteiger partial charge in [-0.15, -0.1) is 0 Å². The van der Waals surface area contributed by atoms with Crippen molar-refractivity contribution in [3.8, 4) is 11.5 Å². The summed E-state index contributed by atoms with van der Waals surface area (Å²) in [5.41, 5.74) is 0.853. The Morgan fingerprint density at radius 1 is 1.30 bits per heavy atom. The highest BCUT2D eigenvalue weighted by Crippen LogP contribution is 2.34. The Hall–Kier alpha value is -3.10. The van der Waals surface area contributed by atoms with E-state index in [0.717, 1.165) is 31.5 Å². The maximum Gasteiger partial charge on any atom is 0.260 e. The normalized spacial score (nSPS) is 18.8. The van der Waals surface area contributed by atoms with Crippen LogP contribution < -0.4 is 14.8 Å². The molecule has 2 aliphatic heterocycles. The number of fused-ring (bicyclic) bond motifs is 1. The summed E-state index contributed by atoms with van der Waals surface area (Å²) in [5, 5.41) is 6.89. The van der Waals surface area contributed by atoms with Gasteiger partial charge in [-0.2, -0.15) is 10.1 Å². The van der Waals surface area contributed by atoms with Gasteiger partial charge >= 0.3 is 0 Å². The first-order valence-corrected chi connectivity index (χ1v) is 8.93. The lowest BCUT2D eigenvalue weighted by atomic mass is 10.0. The van der Waals surface area contributed by atoms with E-state index in [2.05, 4.69) is 15.4 Å². The van der Waals surface area contributed by atoms with Crippen LogP contribution in [0.4, 0.5) is 5.95 Å². The molecule has 1 N–H and O–H groups in total.